The van der Waals surface area contributed by atoms with Crippen LogP contribution in [0.25, 0.3) is 0 Å². The third-order valence-electron chi connectivity index (χ3n) is 7.45. The zero-order chi connectivity index (χ0) is 37.2. The van der Waals surface area contributed by atoms with Gasteiger partial charge >= 0.3 is 24.6 Å². The maximum Gasteiger partial charge on any atom is 0.447 e. The van der Waals surface area contributed by atoms with Crippen molar-refractivity contribution in [2.24, 2.45) is 4.52 Å². The van der Waals surface area contributed by atoms with Crippen molar-refractivity contribution in [3.63, 3.8) is 0 Å². The standard InChI is InChI=1S/C39H36N3O9P3/c1-43-31-19-25-35(26-20-31)46-41-52(48-36-27-21-32(44-2)22-28-36)40-54(50-38-15-9-5-10-16-38,51-39-17-11-6-12-18-39)42(47-34-13-7-4-8-14-34)53(41)49-37-29-23-33(45-3)24-30-37/h4-30H,1-3H3. The minimum absolute atomic E-state index is 0.459. The van der Waals surface area contributed by atoms with Crippen LogP contribution in [-0.2, 0) is 0 Å². The molecule has 7 rings (SSSR count). The Labute approximate surface area is 316 Å². The van der Waals surface area contributed by atoms with E-state index >= 15 is 0 Å². The second kappa shape index (κ2) is 17.6. The molecule has 1 aliphatic rings. The Morgan fingerprint density at radius 1 is 0.407 bits per heavy atom. The minimum atomic E-state index is -3.83. The maximum absolute atomic E-state index is 6.93. The van der Waals surface area contributed by atoms with E-state index in [0.29, 0.717) is 51.7 Å². The number of hydrogen-bond donors (Lipinski definition) is 0. The van der Waals surface area contributed by atoms with Crippen LogP contribution < -0.4 is 42.0 Å². The molecule has 15 heteroatoms. The lowest BCUT2D eigenvalue weighted by atomic mass is 10.3. The summed E-state index contributed by atoms with van der Waals surface area (Å²) in [7, 11) is -3.42. The van der Waals surface area contributed by atoms with E-state index in [1.165, 1.54) is 4.60 Å². The first-order chi connectivity index (χ1) is 26.5. The van der Waals surface area contributed by atoms with Crippen molar-refractivity contribution >= 4 is 24.6 Å². The van der Waals surface area contributed by atoms with E-state index in [1.54, 1.807) is 98.7 Å². The largest absolute Gasteiger partial charge is 0.497 e. The van der Waals surface area contributed by atoms with Crippen molar-refractivity contribution in [2.45, 2.75) is 0 Å². The highest BCUT2D eigenvalue weighted by Gasteiger charge is 2.58. The average molecular weight is 784 g/mol. The minimum Gasteiger partial charge on any atom is -0.497 e. The first-order valence-electron chi connectivity index (χ1n) is 16.6. The van der Waals surface area contributed by atoms with E-state index in [1.807, 2.05) is 91.0 Å². The molecular formula is C39H36N3O9P3. The molecule has 0 amide bonds. The molecule has 2 atom stereocenters. The number of ether oxygens (including phenoxy) is 3. The maximum atomic E-state index is 6.93. The number of para-hydroxylation sites is 3. The van der Waals surface area contributed by atoms with Gasteiger partial charge in [-0.05, 0) is 109 Å². The highest BCUT2D eigenvalue weighted by Crippen LogP contribution is 2.77. The van der Waals surface area contributed by atoms with Crippen LogP contribution in [0.1, 0.15) is 0 Å². The van der Waals surface area contributed by atoms with E-state index in [-0.39, 0.29) is 0 Å². The SMILES string of the molecule is COc1ccc(ON2P(Oc3ccc(OC)cc3)N=P(Oc3ccccc3)(Oc3ccccc3)N(Oc3ccccc3)P2Oc2ccc(OC)cc2)cc1. The second-order valence-corrected chi connectivity index (χ2v) is 16.6. The number of hydrogen-bond acceptors (Lipinski definition) is 12. The van der Waals surface area contributed by atoms with Crippen LogP contribution >= 0.6 is 24.6 Å². The van der Waals surface area contributed by atoms with Crippen LogP contribution in [0.5, 0.6) is 51.7 Å². The molecule has 1 heterocycles. The normalized spacial score (nSPS) is 16.6. The topological polar surface area (TPSA) is 102 Å². The van der Waals surface area contributed by atoms with Gasteiger partial charge in [-0.2, -0.15) is 0 Å². The highest BCUT2D eigenvalue weighted by atomic mass is 31.3. The zero-order valence-corrected chi connectivity index (χ0v) is 32.1. The predicted octanol–water partition coefficient (Wildman–Crippen LogP) is 11.3. The molecule has 2 unspecified atom stereocenters. The molecule has 0 aliphatic carbocycles. The number of methoxy groups -OCH3 is 3. The number of rotatable bonds is 15. The van der Waals surface area contributed by atoms with Gasteiger partial charge in [0.25, 0.3) is 0 Å². The molecule has 276 valence electrons. The van der Waals surface area contributed by atoms with Gasteiger partial charge in [0.15, 0.2) is 0 Å². The third kappa shape index (κ3) is 9.00. The molecule has 0 spiro atoms. The molecule has 0 fully saturated rings. The Morgan fingerprint density at radius 2 is 0.778 bits per heavy atom. The van der Waals surface area contributed by atoms with E-state index in [9.17, 15) is 0 Å². The molecule has 0 aromatic heterocycles. The van der Waals surface area contributed by atoms with Crippen molar-refractivity contribution < 1.29 is 42.0 Å². The van der Waals surface area contributed by atoms with Gasteiger partial charge in [-0.1, -0.05) is 54.6 Å². The highest BCUT2D eigenvalue weighted by molar-refractivity contribution is 7.78. The molecule has 1 aliphatic heterocycles. The Bertz CT molecular complexity index is 2070. The van der Waals surface area contributed by atoms with E-state index in [4.69, 9.17) is 46.5 Å². The van der Waals surface area contributed by atoms with Crippen LogP contribution in [0.2, 0.25) is 0 Å². The van der Waals surface area contributed by atoms with Gasteiger partial charge in [-0.15, -0.1) is 4.52 Å². The van der Waals surface area contributed by atoms with Crippen LogP contribution in [0.15, 0.2) is 168 Å². The molecule has 0 saturated heterocycles. The molecule has 54 heavy (non-hydrogen) atoms. The summed E-state index contributed by atoms with van der Waals surface area (Å²) < 4.78 is 52.2. The van der Waals surface area contributed by atoms with Crippen molar-refractivity contribution in [1.82, 2.24) is 9.21 Å². The van der Waals surface area contributed by atoms with E-state index in [2.05, 4.69) is 0 Å². The summed E-state index contributed by atoms with van der Waals surface area (Å²) in [6, 6.07) is 49.4. The van der Waals surface area contributed by atoms with Gasteiger partial charge < -0.3 is 42.0 Å². The lowest BCUT2D eigenvalue weighted by Gasteiger charge is -2.43. The summed E-state index contributed by atoms with van der Waals surface area (Å²) >= 11 is 0. The van der Waals surface area contributed by atoms with Crippen molar-refractivity contribution in [3.8, 4) is 51.7 Å². The molecule has 0 N–H and O–H groups in total. The van der Waals surface area contributed by atoms with Gasteiger partial charge in [0.2, 0.25) is 0 Å². The fraction of sp³-hybridized carbons (Fsp3) is 0.0769. The van der Waals surface area contributed by atoms with Gasteiger partial charge in [0.05, 0.1) is 21.3 Å². The van der Waals surface area contributed by atoms with Crippen LogP contribution in [-0.4, -0.2) is 30.5 Å². The number of benzene rings is 6. The lowest BCUT2D eigenvalue weighted by molar-refractivity contribution is 0.0545. The molecule has 0 radical (unpaired) electrons. The van der Waals surface area contributed by atoms with Crippen molar-refractivity contribution in [3.05, 3.63) is 164 Å². The van der Waals surface area contributed by atoms with Gasteiger partial charge in [0, 0.05) is 9.21 Å². The lowest BCUT2D eigenvalue weighted by Crippen LogP contribution is -2.37. The Hall–Kier alpha value is -5.47. The fourth-order valence-corrected chi connectivity index (χ4v) is 12.3. The van der Waals surface area contributed by atoms with Crippen molar-refractivity contribution in [2.75, 3.05) is 21.3 Å². The molecule has 0 bridgehead atoms. The fourth-order valence-electron chi connectivity index (χ4n) is 4.80. The van der Waals surface area contributed by atoms with Crippen LogP contribution in [0.3, 0.4) is 0 Å². The first-order valence-corrected chi connectivity index (χ1v) is 20.4. The first kappa shape index (κ1) is 36.9. The summed E-state index contributed by atoms with van der Waals surface area (Å²) in [5.74, 6) is 4.84. The molecular weight excluding hydrogens is 747 g/mol. The Morgan fingerprint density at radius 3 is 1.22 bits per heavy atom. The smallest absolute Gasteiger partial charge is 0.447 e. The Balaban J connectivity index is 1.46. The van der Waals surface area contributed by atoms with Gasteiger partial charge in [-0.3, -0.25) is 0 Å². The summed E-state index contributed by atoms with van der Waals surface area (Å²) in [5.41, 5.74) is 0. The van der Waals surface area contributed by atoms with Gasteiger partial charge in [0.1, 0.15) is 51.7 Å². The summed E-state index contributed by atoms with van der Waals surface area (Å²) in [4.78, 5) is 13.5. The molecule has 12 nitrogen and oxygen atoms in total. The van der Waals surface area contributed by atoms with Crippen LogP contribution in [0, 0.1) is 0 Å². The van der Waals surface area contributed by atoms with E-state index < -0.39 is 24.6 Å². The van der Waals surface area contributed by atoms with Gasteiger partial charge in [-0.25, -0.2) is 0 Å². The molecule has 0 saturated carbocycles. The average Bonchev–Trinajstić information content (AvgIpc) is 3.22. The quantitative estimate of drug-likeness (QED) is 0.0930. The van der Waals surface area contributed by atoms with E-state index in [0.717, 1.165) is 0 Å². The zero-order valence-electron chi connectivity index (χ0n) is 29.4. The number of nitrogens with zero attached hydrogens (tertiary/aromatic N) is 3. The predicted molar refractivity (Wildman–Crippen MR) is 209 cm³/mol. The third-order valence-corrected chi connectivity index (χ3v) is 14.3. The van der Waals surface area contributed by atoms with Crippen LogP contribution in [0.4, 0.5) is 0 Å². The molecule has 6 aromatic carbocycles. The summed E-state index contributed by atoms with van der Waals surface area (Å²) in [6.45, 7) is 0. The summed E-state index contributed by atoms with van der Waals surface area (Å²) in [5, 5.41) is 0. The Kier molecular flexibility index (Phi) is 12.0. The van der Waals surface area contributed by atoms with Crippen molar-refractivity contribution in [1.29, 1.82) is 0 Å². The molecule has 6 aromatic rings. The second-order valence-electron chi connectivity index (χ2n) is 11.1. The monoisotopic (exact) mass is 783 g/mol. The summed E-state index contributed by atoms with van der Waals surface area (Å²) in [6.07, 6.45) is 0.